The van der Waals surface area contributed by atoms with Crippen molar-refractivity contribution < 1.29 is 19.4 Å². The van der Waals surface area contributed by atoms with Gasteiger partial charge in [-0.25, -0.2) is 9.97 Å². The van der Waals surface area contributed by atoms with Gasteiger partial charge in [0.15, 0.2) is 16.7 Å². The summed E-state index contributed by atoms with van der Waals surface area (Å²) in [7, 11) is 3.20. The van der Waals surface area contributed by atoms with E-state index < -0.39 is 5.97 Å². The van der Waals surface area contributed by atoms with Gasteiger partial charge in [0.2, 0.25) is 0 Å². The summed E-state index contributed by atoms with van der Waals surface area (Å²) < 4.78 is 11.0. The molecule has 8 heteroatoms. The second-order valence-electron chi connectivity index (χ2n) is 8.57. The number of nitrogens with zero attached hydrogens (tertiary/aromatic N) is 2. The number of aliphatic carboxylic acids is 1. The highest BCUT2D eigenvalue weighted by atomic mass is 32.2. The third kappa shape index (κ3) is 4.98. The number of fused-ring (bicyclic) bond motifs is 2. The van der Waals surface area contributed by atoms with Gasteiger partial charge in [0.25, 0.3) is 0 Å². The lowest BCUT2D eigenvalue weighted by Gasteiger charge is -2.16. The number of carbonyl (C=O) groups is 1. The zero-order valence-corrected chi connectivity index (χ0v) is 20.5. The third-order valence-electron chi connectivity index (χ3n) is 6.17. The highest BCUT2D eigenvalue weighted by Gasteiger charge is 2.25. The molecule has 5 rings (SSSR count). The maximum absolute atomic E-state index is 10.9. The van der Waals surface area contributed by atoms with E-state index in [4.69, 9.17) is 24.5 Å². The number of ether oxygens (including phenoxy) is 2. The molecule has 0 saturated heterocycles. The van der Waals surface area contributed by atoms with Gasteiger partial charge in [-0.15, -0.1) is 0 Å². The fourth-order valence-electron chi connectivity index (χ4n) is 4.29. The minimum Gasteiger partial charge on any atom is -0.493 e. The molecule has 180 valence electrons. The highest BCUT2D eigenvalue weighted by molar-refractivity contribution is 7.99. The summed E-state index contributed by atoms with van der Waals surface area (Å²) in [5, 5.41) is 16.3. The Labute approximate surface area is 207 Å². The standard InChI is InChI=1S/C27H27N3O4S/c1-33-23-14-20-22(15-24(23)34-2)29-27(35-13-5-8-25(31)32)30-26(20)28-21-12-11-17(16-9-10-16)18-6-3-4-7-19(18)21/h3-4,6-7,11-12,14-16H,5,8-10,13H2,1-2H3,(H,31,32)(H,28,29,30). The van der Waals surface area contributed by atoms with Crippen molar-refractivity contribution in [1.82, 2.24) is 9.97 Å². The lowest BCUT2D eigenvalue weighted by Crippen LogP contribution is -2.02. The summed E-state index contributed by atoms with van der Waals surface area (Å²) >= 11 is 1.45. The largest absolute Gasteiger partial charge is 0.493 e. The second kappa shape index (κ2) is 10.00. The molecule has 1 heterocycles. The molecule has 1 fully saturated rings. The lowest BCUT2D eigenvalue weighted by molar-refractivity contribution is -0.137. The minimum absolute atomic E-state index is 0.121. The van der Waals surface area contributed by atoms with E-state index in [9.17, 15) is 4.79 Å². The molecule has 1 aliphatic rings. The van der Waals surface area contributed by atoms with Crippen LogP contribution in [0.4, 0.5) is 11.5 Å². The molecule has 0 atom stereocenters. The Morgan fingerprint density at radius 1 is 1.03 bits per heavy atom. The molecule has 2 N–H and O–H groups in total. The fourth-order valence-corrected chi connectivity index (χ4v) is 5.08. The molecular formula is C27H27N3O4S. The number of rotatable bonds is 10. The van der Waals surface area contributed by atoms with E-state index in [0.29, 0.717) is 40.6 Å². The van der Waals surface area contributed by atoms with Crippen LogP contribution in [0.1, 0.15) is 37.2 Å². The van der Waals surface area contributed by atoms with Crippen molar-refractivity contribution in [3.8, 4) is 11.5 Å². The molecule has 1 aromatic heterocycles. The number of aromatic nitrogens is 2. The Hall–Kier alpha value is -3.52. The van der Waals surface area contributed by atoms with Crippen molar-refractivity contribution in [2.45, 2.75) is 36.8 Å². The Morgan fingerprint density at radius 3 is 2.49 bits per heavy atom. The molecule has 4 aromatic rings. The number of hydrogen-bond donors (Lipinski definition) is 2. The molecule has 3 aromatic carbocycles. The highest BCUT2D eigenvalue weighted by Crippen LogP contribution is 2.45. The lowest BCUT2D eigenvalue weighted by atomic mass is 9.99. The molecule has 1 saturated carbocycles. The Morgan fingerprint density at radius 2 is 1.77 bits per heavy atom. The van der Waals surface area contributed by atoms with Crippen molar-refractivity contribution in [2.24, 2.45) is 0 Å². The summed E-state index contributed by atoms with van der Waals surface area (Å²) in [6.07, 6.45) is 3.16. The van der Waals surface area contributed by atoms with E-state index in [1.807, 2.05) is 12.1 Å². The van der Waals surface area contributed by atoms with E-state index in [-0.39, 0.29) is 6.42 Å². The summed E-state index contributed by atoms with van der Waals surface area (Å²) in [6.45, 7) is 0. The van der Waals surface area contributed by atoms with Crippen LogP contribution in [0, 0.1) is 0 Å². The molecule has 0 aliphatic heterocycles. The number of thioether (sulfide) groups is 1. The van der Waals surface area contributed by atoms with Crippen molar-refractivity contribution in [3.05, 3.63) is 54.1 Å². The van der Waals surface area contributed by atoms with Crippen LogP contribution in [-0.2, 0) is 4.79 Å². The average Bonchev–Trinajstić information content (AvgIpc) is 3.71. The van der Waals surface area contributed by atoms with Gasteiger partial charge in [0.05, 0.1) is 19.7 Å². The number of anilines is 2. The predicted octanol–water partition coefficient (Wildman–Crippen LogP) is 6.38. The van der Waals surface area contributed by atoms with E-state index in [1.54, 1.807) is 14.2 Å². The first-order chi connectivity index (χ1) is 17.1. The Kier molecular flexibility index (Phi) is 6.63. The predicted molar refractivity (Wildman–Crippen MR) is 139 cm³/mol. The normalized spacial score (nSPS) is 13.2. The van der Waals surface area contributed by atoms with E-state index in [0.717, 1.165) is 22.0 Å². The monoisotopic (exact) mass is 489 g/mol. The molecule has 35 heavy (non-hydrogen) atoms. The van der Waals surface area contributed by atoms with Crippen LogP contribution < -0.4 is 14.8 Å². The van der Waals surface area contributed by atoms with Crippen LogP contribution in [0.25, 0.3) is 21.7 Å². The zero-order valence-electron chi connectivity index (χ0n) is 19.7. The summed E-state index contributed by atoms with van der Waals surface area (Å²) in [5.41, 5.74) is 3.10. The summed E-state index contributed by atoms with van der Waals surface area (Å²) in [4.78, 5) is 20.4. The molecule has 1 aliphatic carbocycles. The molecule has 0 radical (unpaired) electrons. The number of hydrogen-bond acceptors (Lipinski definition) is 7. The van der Waals surface area contributed by atoms with E-state index >= 15 is 0 Å². The number of methoxy groups -OCH3 is 2. The van der Waals surface area contributed by atoms with Crippen molar-refractivity contribution in [2.75, 3.05) is 25.3 Å². The van der Waals surface area contributed by atoms with Crippen LogP contribution in [-0.4, -0.2) is 41.0 Å². The van der Waals surface area contributed by atoms with E-state index in [1.165, 1.54) is 35.6 Å². The van der Waals surface area contributed by atoms with Gasteiger partial charge in [0, 0.05) is 34.7 Å². The molecule has 7 nitrogen and oxygen atoms in total. The molecule has 0 amide bonds. The van der Waals surface area contributed by atoms with Gasteiger partial charge in [-0.1, -0.05) is 42.1 Å². The molecule has 0 bridgehead atoms. The first-order valence-electron chi connectivity index (χ1n) is 11.6. The number of carboxylic acid groups (broad SMARTS) is 1. The van der Waals surface area contributed by atoms with Gasteiger partial charge in [-0.2, -0.15) is 0 Å². The first-order valence-corrected chi connectivity index (χ1v) is 12.6. The van der Waals surface area contributed by atoms with Gasteiger partial charge in [0.1, 0.15) is 5.82 Å². The van der Waals surface area contributed by atoms with Crippen molar-refractivity contribution in [3.63, 3.8) is 0 Å². The second-order valence-corrected chi connectivity index (χ2v) is 9.63. The third-order valence-corrected chi connectivity index (χ3v) is 7.11. The number of benzene rings is 3. The average molecular weight is 490 g/mol. The SMILES string of the molecule is COc1cc2nc(SCCCC(=O)O)nc(Nc3ccc(C4CC4)c4ccccc34)c2cc1OC. The van der Waals surface area contributed by atoms with Crippen LogP contribution in [0.2, 0.25) is 0 Å². The Bertz CT molecular complexity index is 1400. The van der Waals surface area contributed by atoms with Gasteiger partial charge >= 0.3 is 5.97 Å². The fraction of sp³-hybridized carbons (Fsp3) is 0.296. The molecular weight excluding hydrogens is 462 g/mol. The van der Waals surface area contributed by atoms with Crippen molar-refractivity contribution in [1.29, 1.82) is 0 Å². The Balaban J connectivity index is 1.57. The van der Waals surface area contributed by atoms with Gasteiger partial charge in [-0.3, -0.25) is 4.79 Å². The topological polar surface area (TPSA) is 93.6 Å². The summed E-state index contributed by atoms with van der Waals surface area (Å²) in [6, 6.07) is 16.5. The van der Waals surface area contributed by atoms with E-state index in [2.05, 4.69) is 41.7 Å². The minimum atomic E-state index is -0.800. The number of nitrogens with one attached hydrogen (secondary N) is 1. The molecule has 0 unspecified atom stereocenters. The smallest absolute Gasteiger partial charge is 0.303 e. The van der Waals surface area contributed by atoms with Gasteiger partial charge < -0.3 is 19.9 Å². The first kappa shape index (κ1) is 23.2. The van der Waals surface area contributed by atoms with Crippen molar-refractivity contribution >= 4 is 50.9 Å². The summed E-state index contributed by atoms with van der Waals surface area (Å²) in [5.74, 6) is 2.32. The van der Waals surface area contributed by atoms with Crippen LogP contribution >= 0.6 is 11.8 Å². The quantitative estimate of drug-likeness (QED) is 0.151. The van der Waals surface area contributed by atoms with Gasteiger partial charge in [-0.05, 0) is 48.3 Å². The number of carboxylic acids is 1. The van der Waals surface area contributed by atoms with Crippen LogP contribution in [0.5, 0.6) is 11.5 Å². The molecule has 0 spiro atoms. The zero-order chi connectivity index (χ0) is 24.4. The van der Waals surface area contributed by atoms with Crippen LogP contribution in [0.3, 0.4) is 0 Å². The van der Waals surface area contributed by atoms with Crippen LogP contribution in [0.15, 0.2) is 53.7 Å². The maximum atomic E-state index is 10.9. The maximum Gasteiger partial charge on any atom is 0.303 e.